The molecule has 67 heavy (non-hydrogen) atoms. The van der Waals surface area contributed by atoms with Crippen molar-refractivity contribution in [3.63, 3.8) is 0 Å². The van der Waals surface area contributed by atoms with Crippen molar-refractivity contribution < 1.29 is 47.7 Å². The summed E-state index contributed by atoms with van der Waals surface area (Å²) in [5.74, 6) is -1.05. The molecule has 0 spiro atoms. The normalized spacial score (nSPS) is 23.6. The number of ether oxygens (including phenoxy) is 4. The van der Waals surface area contributed by atoms with Crippen LogP contribution in [0.4, 0.5) is 19.2 Å². The van der Waals surface area contributed by atoms with Crippen molar-refractivity contribution in [1.29, 1.82) is 0 Å². The van der Waals surface area contributed by atoms with Crippen LogP contribution in [0.15, 0.2) is 29.4 Å². The van der Waals surface area contributed by atoms with Gasteiger partial charge in [0.05, 0.1) is 32.3 Å². The highest BCUT2D eigenvalue weighted by Gasteiger charge is 2.57. The van der Waals surface area contributed by atoms with Crippen LogP contribution >= 0.6 is 0 Å². The zero-order chi connectivity index (χ0) is 46.8. The number of alkyl carbamates (subject to hydrolysis) is 1. The number of imide groups is 1. The molecule has 6 fully saturated rings. The Morgan fingerprint density at radius 2 is 1.25 bits per heavy atom. The van der Waals surface area contributed by atoms with Crippen molar-refractivity contribution in [2.24, 2.45) is 34.6 Å². The van der Waals surface area contributed by atoms with Gasteiger partial charge >= 0.3 is 30.3 Å². The third-order valence-corrected chi connectivity index (χ3v) is 14.8. The van der Waals surface area contributed by atoms with Crippen molar-refractivity contribution in [1.82, 2.24) is 29.9 Å². The number of urea groups is 1. The van der Waals surface area contributed by atoms with Gasteiger partial charge in [-0.15, -0.1) is 4.99 Å². The molecule has 2 unspecified atom stereocenters. The molecule has 370 valence electrons. The van der Waals surface area contributed by atoms with Crippen LogP contribution in [0.25, 0.3) is 0 Å². The number of hydrogen-bond donors (Lipinski definition) is 1. The summed E-state index contributed by atoms with van der Waals surface area (Å²) in [6.45, 7) is 2.83. The van der Waals surface area contributed by atoms with Gasteiger partial charge in [0, 0.05) is 51.2 Å². The standard InChI is InChI=1S/C50H75N7O10/c58-44-42(32-40-22-15-26-56(33-40)46(52-47(60)66-35-38-18-7-2-8-19-38)53-48(61)67-36-39-20-9-3-10-21-39)43(45(59)65-34-37-16-5-1-6-17-37)57(44)49(62)54-27-29-55(30-28-54)50(63)64-31-14-4-11-23-41-24-12-13-25-51-41/h12-13,24-25,37-40,42-43H,1-11,14-23,26-36H2,(H,52,53,60,61)/t40?,42-,43?/m1/s1. The van der Waals surface area contributed by atoms with Gasteiger partial charge in [0.25, 0.3) is 0 Å². The zero-order valence-electron chi connectivity index (χ0n) is 39.7. The van der Waals surface area contributed by atoms with E-state index in [1.807, 2.05) is 23.1 Å². The summed E-state index contributed by atoms with van der Waals surface area (Å²) in [4.78, 5) is 96.1. The van der Waals surface area contributed by atoms with E-state index in [0.29, 0.717) is 51.0 Å². The molecule has 1 aromatic rings. The molecule has 1 aromatic heterocycles. The van der Waals surface area contributed by atoms with Gasteiger partial charge in [-0.25, -0.2) is 28.9 Å². The molecular weight excluding hydrogens is 859 g/mol. The number of rotatable bonds is 15. The van der Waals surface area contributed by atoms with E-state index in [9.17, 15) is 28.8 Å². The second-order valence-corrected chi connectivity index (χ2v) is 19.8. The molecule has 3 saturated carbocycles. The largest absolute Gasteiger partial charge is 0.464 e. The summed E-state index contributed by atoms with van der Waals surface area (Å²) in [6.07, 6.45) is 21.2. The van der Waals surface area contributed by atoms with Crippen LogP contribution < -0.4 is 5.32 Å². The first-order valence-electron chi connectivity index (χ1n) is 25.8. The fourth-order valence-electron chi connectivity index (χ4n) is 10.8. The minimum atomic E-state index is -1.09. The molecule has 0 bridgehead atoms. The van der Waals surface area contributed by atoms with Gasteiger partial charge in [-0.1, -0.05) is 63.9 Å². The number of piperidine rings is 1. The molecule has 0 aromatic carbocycles. The number of amides is 6. The Morgan fingerprint density at radius 3 is 1.90 bits per heavy atom. The molecular formula is C50H75N7O10. The van der Waals surface area contributed by atoms with E-state index in [2.05, 4.69) is 15.3 Å². The van der Waals surface area contributed by atoms with Gasteiger partial charge in [0.15, 0.2) is 6.04 Å². The number of guanidine groups is 1. The maximum atomic E-state index is 14.1. The minimum absolute atomic E-state index is 0.0480. The third-order valence-electron chi connectivity index (χ3n) is 14.8. The molecule has 17 heteroatoms. The summed E-state index contributed by atoms with van der Waals surface area (Å²) in [7, 11) is 0. The van der Waals surface area contributed by atoms with Crippen molar-refractivity contribution in [3.05, 3.63) is 30.1 Å². The Kier molecular flexibility index (Phi) is 19.4. The van der Waals surface area contributed by atoms with Gasteiger partial charge in [-0.05, 0) is 119 Å². The third kappa shape index (κ3) is 15.0. The molecule has 3 aliphatic heterocycles. The van der Waals surface area contributed by atoms with E-state index in [4.69, 9.17) is 18.9 Å². The van der Waals surface area contributed by atoms with Gasteiger partial charge in [-0.3, -0.25) is 15.1 Å². The number of carbonyl (C=O) groups is 6. The number of aryl methyl sites for hydroxylation is 1. The lowest BCUT2D eigenvalue weighted by atomic mass is 9.78. The highest BCUT2D eigenvalue weighted by atomic mass is 16.6. The molecule has 7 rings (SSSR count). The molecule has 3 aliphatic carbocycles. The van der Waals surface area contributed by atoms with Crippen molar-refractivity contribution in [2.45, 2.75) is 147 Å². The second kappa shape index (κ2) is 26.0. The van der Waals surface area contributed by atoms with Crippen LogP contribution in [-0.4, -0.2) is 138 Å². The number of nitrogens with zero attached hydrogens (tertiary/aromatic N) is 6. The Bertz CT molecular complexity index is 1810. The Balaban J connectivity index is 0.945. The summed E-state index contributed by atoms with van der Waals surface area (Å²) in [5, 5.41) is 2.75. The Labute approximate surface area is 396 Å². The number of nitrogens with one attached hydrogen (secondary N) is 1. The van der Waals surface area contributed by atoms with E-state index in [0.717, 1.165) is 126 Å². The number of β-lactam (4-membered cyclic amide) rings is 1. The van der Waals surface area contributed by atoms with Crippen molar-refractivity contribution in [2.75, 3.05) is 65.7 Å². The zero-order valence-corrected chi connectivity index (χ0v) is 39.7. The molecule has 4 heterocycles. The number of unbranched alkanes of at least 4 members (excludes halogenated alkanes) is 2. The quantitative estimate of drug-likeness (QED) is 0.0445. The van der Waals surface area contributed by atoms with Gasteiger partial charge < -0.3 is 33.6 Å². The molecule has 17 nitrogen and oxygen atoms in total. The van der Waals surface area contributed by atoms with Gasteiger partial charge in [0.2, 0.25) is 11.9 Å². The van der Waals surface area contributed by atoms with Crippen LogP contribution in [0.2, 0.25) is 0 Å². The fraction of sp³-hybridized carbons (Fsp3) is 0.760. The molecule has 1 N–H and O–H groups in total. The number of pyridine rings is 1. The Morgan fingerprint density at radius 1 is 0.642 bits per heavy atom. The SMILES string of the molecule is O=C(/N=C(\NC(=O)OCC1CCCCC1)N1CCCC(C[C@H]2C(=O)N(C(=O)N3CCN(C(=O)OCCCCCc4ccccn4)CC3)C2C(=O)OCC2CCCCC2)C1)OCC1CCCCC1. The molecule has 0 radical (unpaired) electrons. The van der Waals surface area contributed by atoms with E-state index >= 15 is 0 Å². The molecule has 6 aliphatic rings. The lowest BCUT2D eigenvalue weighted by Crippen LogP contribution is -2.70. The number of esters is 1. The maximum Gasteiger partial charge on any atom is 0.436 e. The molecule has 3 atom stereocenters. The first-order chi connectivity index (χ1) is 32.7. The van der Waals surface area contributed by atoms with Gasteiger partial charge in [0.1, 0.15) is 0 Å². The minimum Gasteiger partial charge on any atom is -0.464 e. The van der Waals surface area contributed by atoms with Crippen LogP contribution in [0, 0.1) is 29.6 Å². The predicted molar refractivity (Wildman–Crippen MR) is 249 cm³/mol. The first kappa shape index (κ1) is 49.9. The first-order valence-corrected chi connectivity index (χ1v) is 25.8. The number of aromatic nitrogens is 1. The maximum absolute atomic E-state index is 14.1. The lowest BCUT2D eigenvalue weighted by Gasteiger charge is -2.48. The number of piperazine rings is 1. The summed E-state index contributed by atoms with van der Waals surface area (Å²) in [6, 6.07) is 4.22. The van der Waals surface area contributed by atoms with Crippen molar-refractivity contribution >= 4 is 42.1 Å². The van der Waals surface area contributed by atoms with Crippen LogP contribution in [0.1, 0.15) is 141 Å². The van der Waals surface area contributed by atoms with Crippen molar-refractivity contribution in [3.8, 4) is 0 Å². The number of carbonyl (C=O) groups excluding carboxylic acids is 6. The number of hydrogen-bond acceptors (Lipinski definition) is 11. The van der Waals surface area contributed by atoms with Crippen LogP contribution in [-0.2, 0) is 35.0 Å². The summed E-state index contributed by atoms with van der Waals surface area (Å²) < 4.78 is 22.7. The van der Waals surface area contributed by atoms with Gasteiger partial charge in [-0.2, -0.15) is 0 Å². The number of aliphatic imine (C=N–C) groups is 1. The second-order valence-electron chi connectivity index (χ2n) is 19.8. The van der Waals surface area contributed by atoms with E-state index in [1.165, 1.54) is 17.7 Å². The smallest absolute Gasteiger partial charge is 0.436 e. The summed E-state index contributed by atoms with van der Waals surface area (Å²) in [5.41, 5.74) is 1.04. The van der Waals surface area contributed by atoms with Crippen LogP contribution in [0.5, 0.6) is 0 Å². The Hall–Kier alpha value is -4.96. The average Bonchev–Trinajstić information content (AvgIpc) is 3.37. The fourth-order valence-corrected chi connectivity index (χ4v) is 10.8. The van der Waals surface area contributed by atoms with E-state index in [-0.39, 0.29) is 57.2 Å². The number of likely N-dealkylation sites (tertiary alicyclic amines) is 2. The highest BCUT2D eigenvalue weighted by molar-refractivity contribution is 6.08. The van der Waals surface area contributed by atoms with E-state index < -0.39 is 48.1 Å². The lowest BCUT2D eigenvalue weighted by molar-refractivity contribution is -0.172. The monoisotopic (exact) mass is 934 g/mol. The predicted octanol–water partition coefficient (Wildman–Crippen LogP) is 8.10. The highest BCUT2D eigenvalue weighted by Crippen LogP contribution is 2.37. The molecule has 6 amide bonds. The molecule has 3 saturated heterocycles. The average molecular weight is 934 g/mol. The van der Waals surface area contributed by atoms with E-state index in [1.54, 1.807) is 11.1 Å². The topological polar surface area (TPSA) is 190 Å². The summed E-state index contributed by atoms with van der Waals surface area (Å²) >= 11 is 0. The van der Waals surface area contributed by atoms with Crippen LogP contribution in [0.3, 0.4) is 0 Å².